The zero-order valence-corrected chi connectivity index (χ0v) is 13.1. The van der Waals surface area contributed by atoms with Crippen molar-refractivity contribution < 1.29 is 4.74 Å². The molecule has 0 aliphatic rings. The first-order valence-electron chi connectivity index (χ1n) is 7.04. The van der Waals surface area contributed by atoms with Crippen LogP contribution in [0.3, 0.4) is 0 Å². The lowest BCUT2D eigenvalue weighted by atomic mass is 9.89. The molecular formula is C15H23N5O. The van der Waals surface area contributed by atoms with E-state index < -0.39 is 0 Å². The second-order valence-electron chi connectivity index (χ2n) is 6.14. The Morgan fingerprint density at radius 2 is 2.10 bits per heavy atom. The van der Waals surface area contributed by atoms with Gasteiger partial charge in [0, 0.05) is 25.0 Å². The fraction of sp³-hybridized carbons (Fsp3) is 0.533. The smallest absolute Gasteiger partial charge is 0.182 e. The maximum absolute atomic E-state index is 5.98. The Morgan fingerprint density at radius 3 is 2.76 bits per heavy atom. The Bertz CT molecular complexity index is 606. The van der Waals surface area contributed by atoms with Crippen molar-refractivity contribution in [2.45, 2.75) is 33.7 Å². The number of methoxy groups -OCH3 is 1. The fourth-order valence-electron chi connectivity index (χ4n) is 2.16. The molecule has 21 heavy (non-hydrogen) atoms. The van der Waals surface area contributed by atoms with Gasteiger partial charge in [-0.25, -0.2) is 4.68 Å². The highest BCUT2D eigenvalue weighted by Crippen LogP contribution is 2.26. The number of benzene rings is 1. The van der Waals surface area contributed by atoms with E-state index in [-0.39, 0.29) is 5.41 Å². The molecule has 2 aromatic rings. The summed E-state index contributed by atoms with van der Waals surface area (Å²) in [6.07, 6.45) is 0.943. The van der Waals surface area contributed by atoms with E-state index in [1.807, 2.05) is 29.8 Å². The van der Waals surface area contributed by atoms with Crippen molar-refractivity contribution in [3.63, 3.8) is 0 Å². The number of rotatable bonds is 6. The number of tetrazole rings is 1. The summed E-state index contributed by atoms with van der Waals surface area (Å²) in [4.78, 5) is 0. The van der Waals surface area contributed by atoms with Gasteiger partial charge in [0.05, 0.1) is 6.54 Å². The van der Waals surface area contributed by atoms with Gasteiger partial charge in [0.2, 0.25) is 0 Å². The van der Waals surface area contributed by atoms with Crippen LogP contribution in [0.15, 0.2) is 18.2 Å². The van der Waals surface area contributed by atoms with Crippen LogP contribution in [0.4, 0.5) is 5.69 Å². The minimum atomic E-state index is 0.0520. The molecule has 114 valence electrons. The van der Waals surface area contributed by atoms with Crippen LogP contribution in [-0.2, 0) is 11.3 Å². The first-order valence-corrected chi connectivity index (χ1v) is 7.04. The number of nitrogens with two attached hydrogens (primary N) is 1. The molecular weight excluding hydrogens is 266 g/mol. The van der Waals surface area contributed by atoms with Crippen molar-refractivity contribution in [2.75, 3.05) is 19.5 Å². The van der Waals surface area contributed by atoms with Crippen LogP contribution in [0.1, 0.15) is 25.8 Å². The van der Waals surface area contributed by atoms with Gasteiger partial charge in [0.25, 0.3) is 0 Å². The minimum absolute atomic E-state index is 0.0520. The summed E-state index contributed by atoms with van der Waals surface area (Å²) in [5.41, 5.74) is 8.77. The number of hydrogen-bond acceptors (Lipinski definition) is 5. The SMILES string of the molecule is COCCC(C)(C)Cn1nnnc1-c1ccc(C)c(N)c1. The summed E-state index contributed by atoms with van der Waals surface area (Å²) in [6.45, 7) is 7.80. The highest BCUT2D eigenvalue weighted by molar-refractivity contribution is 5.63. The molecule has 6 heteroatoms. The van der Waals surface area contributed by atoms with Gasteiger partial charge in [0.1, 0.15) is 0 Å². The molecule has 0 saturated heterocycles. The van der Waals surface area contributed by atoms with Crippen molar-refractivity contribution >= 4 is 5.69 Å². The van der Waals surface area contributed by atoms with Gasteiger partial charge < -0.3 is 10.5 Å². The quantitative estimate of drug-likeness (QED) is 0.825. The maximum Gasteiger partial charge on any atom is 0.182 e. The Balaban J connectivity index is 2.24. The van der Waals surface area contributed by atoms with Crippen molar-refractivity contribution in [3.05, 3.63) is 23.8 Å². The lowest BCUT2D eigenvalue weighted by Gasteiger charge is -2.24. The Labute approximate surface area is 125 Å². The summed E-state index contributed by atoms with van der Waals surface area (Å²) >= 11 is 0. The van der Waals surface area contributed by atoms with E-state index in [0.717, 1.165) is 42.2 Å². The molecule has 0 atom stereocenters. The third-order valence-corrected chi connectivity index (χ3v) is 3.63. The summed E-state index contributed by atoms with van der Waals surface area (Å²) in [5.74, 6) is 0.743. The largest absolute Gasteiger partial charge is 0.398 e. The lowest BCUT2D eigenvalue weighted by molar-refractivity contribution is 0.140. The zero-order chi connectivity index (χ0) is 15.5. The van der Waals surface area contributed by atoms with E-state index in [4.69, 9.17) is 10.5 Å². The van der Waals surface area contributed by atoms with E-state index in [9.17, 15) is 0 Å². The van der Waals surface area contributed by atoms with Crippen LogP contribution in [0.2, 0.25) is 0 Å². The predicted octanol–water partition coefficient (Wildman–Crippen LogP) is 2.29. The van der Waals surface area contributed by atoms with Crippen LogP contribution in [0.5, 0.6) is 0 Å². The van der Waals surface area contributed by atoms with Crippen molar-refractivity contribution in [3.8, 4) is 11.4 Å². The highest BCUT2D eigenvalue weighted by atomic mass is 16.5. The molecule has 1 aromatic carbocycles. The summed E-state index contributed by atoms with van der Waals surface area (Å²) in [6, 6.07) is 5.90. The average molecular weight is 289 g/mol. The Morgan fingerprint density at radius 1 is 1.33 bits per heavy atom. The third-order valence-electron chi connectivity index (χ3n) is 3.63. The molecule has 0 aliphatic carbocycles. The topological polar surface area (TPSA) is 78.8 Å². The van der Waals surface area contributed by atoms with Crippen LogP contribution in [-0.4, -0.2) is 33.9 Å². The van der Waals surface area contributed by atoms with E-state index in [0.29, 0.717) is 0 Å². The van der Waals surface area contributed by atoms with Crippen molar-refractivity contribution in [1.82, 2.24) is 20.2 Å². The molecule has 0 radical (unpaired) electrons. The molecule has 0 unspecified atom stereocenters. The highest BCUT2D eigenvalue weighted by Gasteiger charge is 2.21. The van der Waals surface area contributed by atoms with Crippen LogP contribution in [0.25, 0.3) is 11.4 Å². The van der Waals surface area contributed by atoms with Gasteiger partial charge in [-0.15, -0.1) is 5.10 Å². The van der Waals surface area contributed by atoms with Crippen molar-refractivity contribution in [2.24, 2.45) is 5.41 Å². The van der Waals surface area contributed by atoms with Crippen LogP contribution < -0.4 is 5.73 Å². The lowest BCUT2D eigenvalue weighted by Crippen LogP contribution is -2.23. The molecule has 0 spiro atoms. The summed E-state index contributed by atoms with van der Waals surface area (Å²) in [7, 11) is 1.72. The molecule has 1 aromatic heterocycles. The molecule has 0 saturated carbocycles. The monoisotopic (exact) mass is 289 g/mol. The zero-order valence-electron chi connectivity index (χ0n) is 13.1. The van der Waals surface area contributed by atoms with Gasteiger partial charge >= 0.3 is 0 Å². The molecule has 0 amide bonds. The third kappa shape index (κ3) is 3.78. The van der Waals surface area contributed by atoms with Crippen LogP contribution in [0, 0.1) is 12.3 Å². The van der Waals surface area contributed by atoms with Crippen LogP contribution >= 0.6 is 0 Å². The number of aromatic nitrogens is 4. The minimum Gasteiger partial charge on any atom is -0.398 e. The van der Waals surface area contributed by atoms with Gasteiger partial charge in [-0.3, -0.25) is 0 Å². The number of hydrogen-bond donors (Lipinski definition) is 1. The molecule has 6 nitrogen and oxygen atoms in total. The van der Waals surface area contributed by atoms with E-state index in [1.54, 1.807) is 7.11 Å². The summed E-state index contributed by atoms with van der Waals surface area (Å²) < 4.78 is 7.00. The molecule has 0 aliphatic heterocycles. The first kappa shape index (κ1) is 15.4. The summed E-state index contributed by atoms with van der Waals surface area (Å²) in [5, 5.41) is 12.1. The normalized spacial score (nSPS) is 11.8. The van der Waals surface area contributed by atoms with Gasteiger partial charge in [-0.05, 0) is 40.8 Å². The number of nitrogens with zero attached hydrogens (tertiary/aromatic N) is 4. The molecule has 2 rings (SSSR count). The molecule has 1 heterocycles. The number of aryl methyl sites for hydroxylation is 1. The van der Waals surface area contributed by atoms with Gasteiger partial charge in [0.15, 0.2) is 5.82 Å². The van der Waals surface area contributed by atoms with Gasteiger partial charge in [-0.2, -0.15) is 0 Å². The predicted molar refractivity (Wildman–Crippen MR) is 82.7 cm³/mol. The molecule has 2 N–H and O–H groups in total. The number of ether oxygens (including phenoxy) is 1. The fourth-order valence-corrected chi connectivity index (χ4v) is 2.16. The standard InChI is InChI=1S/C15H23N5O/c1-11-5-6-12(9-13(11)16)14-17-18-19-20(14)10-15(2,3)7-8-21-4/h5-6,9H,7-8,10,16H2,1-4H3. The second kappa shape index (κ2) is 6.22. The molecule has 0 fully saturated rings. The van der Waals surface area contributed by atoms with E-state index >= 15 is 0 Å². The second-order valence-corrected chi connectivity index (χ2v) is 6.14. The van der Waals surface area contributed by atoms with Gasteiger partial charge in [-0.1, -0.05) is 26.0 Å². The number of anilines is 1. The maximum atomic E-state index is 5.98. The Kier molecular flexibility index (Phi) is 4.57. The average Bonchev–Trinajstić information content (AvgIpc) is 2.87. The number of nitrogen functional groups attached to an aromatic ring is 1. The molecule has 0 bridgehead atoms. The van der Waals surface area contributed by atoms with E-state index in [2.05, 4.69) is 29.4 Å². The Hall–Kier alpha value is -1.95. The van der Waals surface area contributed by atoms with Crippen molar-refractivity contribution in [1.29, 1.82) is 0 Å². The first-order chi connectivity index (χ1) is 9.93. The van der Waals surface area contributed by atoms with E-state index in [1.165, 1.54) is 0 Å².